The van der Waals surface area contributed by atoms with Gasteiger partial charge in [-0.1, -0.05) is 19.8 Å². The van der Waals surface area contributed by atoms with Crippen molar-refractivity contribution in [2.24, 2.45) is 41.4 Å². The highest BCUT2D eigenvalue weighted by atomic mass is 16.3. The number of aliphatic hydroxyl groups excluding tert-OH is 1. The molecule has 0 aromatic carbocycles. The van der Waals surface area contributed by atoms with E-state index in [9.17, 15) is 4.79 Å². The van der Waals surface area contributed by atoms with E-state index in [1.807, 2.05) is 0 Å². The van der Waals surface area contributed by atoms with Crippen LogP contribution in [0, 0.1) is 41.4 Å². The highest BCUT2D eigenvalue weighted by molar-refractivity contribution is 5.81. The van der Waals surface area contributed by atoms with E-state index in [1.54, 1.807) is 13.8 Å². The highest BCUT2D eigenvalue weighted by Crippen LogP contribution is 2.57. The van der Waals surface area contributed by atoms with Crippen LogP contribution < -0.4 is 0 Å². The van der Waals surface area contributed by atoms with Crippen LogP contribution >= 0.6 is 0 Å². The van der Waals surface area contributed by atoms with Gasteiger partial charge in [-0.3, -0.25) is 4.79 Å². The Morgan fingerprint density at radius 1 is 0.870 bits per heavy atom. The van der Waals surface area contributed by atoms with Crippen molar-refractivity contribution in [2.75, 3.05) is 0 Å². The Kier molecular flexibility index (Phi) is 5.50. The number of carbonyl (C=O) groups excluding carboxylic acids is 1. The Morgan fingerprint density at radius 3 is 2.17 bits per heavy atom. The Labute approximate surface area is 142 Å². The molecule has 0 aromatic rings. The molecule has 0 saturated heterocycles. The van der Waals surface area contributed by atoms with Crippen molar-refractivity contribution in [2.45, 2.75) is 84.7 Å². The summed E-state index contributed by atoms with van der Waals surface area (Å²) >= 11 is 0. The number of ketones is 1. The SMILES string of the molecule is CC(C)O.CC1CC2C(CCC3C4CCCC4CCC23)CC1=O. The van der Waals surface area contributed by atoms with E-state index in [0.717, 1.165) is 41.9 Å². The number of rotatable bonds is 0. The molecule has 4 saturated carbocycles. The monoisotopic (exact) mass is 320 g/mol. The number of carbonyl (C=O) groups is 1. The van der Waals surface area contributed by atoms with Crippen molar-refractivity contribution >= 4 is 5.78 Å². The molecular formula is C21H36O2. The first-order chi connectivity index (χ1) is 11.0. The highest BCUT2D eigenvalue weighted by Gasteiger charge is 2.50. The minimum absolute atomic E-state index is 0.167. The summed E-state index contributed by atoms with van der Waals surface area (Å²) in [4.78, 5) is 12.0. The number of hydrogen-bond acceptors (Lipinski definition) is 2. The lowest BCUT2D eigenvalue weighted by Crippen LogP contribution is -2.46. The van der Waals surface area contributed by atoms with E-state index in [1.165, 1.54) is 51.4 Å². The van der Waals surface area contributed by atoms with Crippen molar-refractivity contribution < 1.29 is 9.90 Å². The predicted octanol–water partition coefficient (Wildman–Crippen LogP) is 4.84. The molecule has 4 fully saturated rings. The van der Waals surface area contributed by atoms with Crippen LogP contribution in [0.3, 0.4) is 0 Å². The molecule has 2 nitrogen and oxygen atoms in total. The van der Waals surface area contributed by atoms with Gasteiger partial charge in [0, 0.05) is 18.4 Å². The molecule has 0 spiro atoms. The lowest BCUT2D eigenvalue weighted by molar-refractivity contribution is -0.131. The number of aliphatic hydroxyl groups is 1. The first kappa shape index (κ1) is 17.5. The van der Waals surface area contributed by atoms with Crippen LogP contribution in [0.25, 0.3) is 0 Å². The van der Waals surface area contributed by atoms with Crippen LogP contribution in [-0.4, -0.2) is 17.0 Å². The maximum absolute atomic E-state index is 12.0. The smallest absolute Gasteiger partial charge is 0.135 e. The average molecular weight is 321 g/mol. The average Bonchev–Trinajstić information content (AvgIpc) is 2.96. The second-order valence-electron chi connectivity index (χ2n) is 9.16. The molecule has 7 unspecified atom stereocenters. The fraction of sp³-hybridized carbons (Fsp3) is 0.952. The van der Waals surface area contributed by atoms with E-state index in [4.69, 9.17) is 5.11 Å². The molecule has 0 aliphatic heterocycles. The fourth-order valence-electron chi connectivity index (χ4n) is 6.48. The van der Waals surface area contributed by atoms with Crippen LogP contribution in [0.1, 0.15) is 78.6 Å². The van der Waals surface area contributed by atoms with Gasteiger partial charge in [-0.25, -0.2) is 0 Å². The Balaban J connectivity index is 0.000000354. The lowest BCUT2D eigenvalue weighted by atomic mass is 9.53. The zero-order chi connectivity index (χ0) is 16.6. The summed E-state index contributed by atoms with van der Waals surface area (Å²) in [6.45, 7) is 5.63. The Morgan fingerprint density at radius 2 is 1.48 bits per heavy atom. The van der Waals surface area contributed by atoms with E-state index < -0.39 is 0 Å². The number of fused-ring (bicyclic) bond motifs is 5. The summed E-state index contributed by atoms with van der Waals surface area (Å²) in [5, 5.41) is 8.06. The van der Waals surface area contributed by atoms with E-state index in [-0.39, 0.29) is 6.10 Å². The normalized spacial score (nSPS) is 45.6. The summed E-state index contributed by atoms with van der Waals surface area (Å²) in [5.41, 5.74) is 0. The summed E-state index contributed by atoms with van der Waals surface area (Å²) < 4.78 is 0. The third-order valence-electron chi connectivity index (χ3n) is 7.35. The summed E-state index contributed by atoms with van der Waals surface area (Å²) in [5.74, 6) is 6.80. The maximum atomic E-state index is 12.0. The molecule has 0 bridgehead atoms. The standard InChI is InChI=1S/C18H28O.C3H8O/c1-11-9-17-13(10-18(11)19)6-8-15-14-4-2-3-12(14)5-7-16(15)17;1-3(2)4/h11-17H,2-10H2,1H3;3-4H,1-2H3. The minimum atomic E-state index is -0.167. The van der Waals surface area contributed by atoms with Gasteiger partial charge in [0.2, 0.25) is 0 Å². The second-order valence-corrected chi connectivity index (χ2v) is 9.16. The predicted molar refractivity (Wildman–Crippen MR) is 94.0 cm³/mol. The van der Waals surface area contributed by atoms with Gasteiger partial charge in [-0.05, 0) is 87.9 Å². The largest absolute Gasteiger partial charge is 0.394 e. The Bertz CT molecular complexity index is 413. The molecule has 2 heteroatoms. The molecule has 0 heterocycles. The van der Waals surface area contributed by atoms with Gasteiger partial charge in [-0.15, -0.1) is 0 Å². The second kappa shape index (κ2) is 7.25. The summed E-state index contributed by atoms with van der Waals surface area (Å²) in [6.07, 6.45) is 12.4. The van der Waals surface area contributed by atoms with E-state index >= 15 is 0 Å². The van der Waals surface area contributed by atoms with E-state index in [0.29, 0.717) is 11.7 Å². The van der Waals surface area contributed by atoms with Gasteiger partial charge < -0.3 is 5.11 Å². The van der Waals surface area contributed by atoms with Gasteiger partial charge in [0.25, 0.3) is 0 Å². The van der Waals surface area contributed by atoms with Crippen LogP contribution in [0.15, 0.2) is 0 Å². The van der Waals surface area contributed by atoms with Gasteiger partial charge >= 0.3 is 0 Å². The van der Waals surface area contributed by atoms with Gasteiger partial charge in [0.15, 0.2) is 0 Å². The van der Waals surface area contributed by atoms with Crippen molar-refractivity contribution in [3.63, 3.8) is 0 Å². The summed E-state index contributed by atoms with van der Waals surface area (Å²) in [7, 11) is 0. The van der Waals surface area contributed by atoms with Gasteiger partial charge in [0.1, 0.15) is 5.78 Å². The molecule has 132 valence electrons. The minimum Gasteiger partial charge on any atom is -0.394 e. The zero-order valence-corrected chi connectivity index (χ0v) is 15.3. The third-order valence-corrected chi connectivity index (χ3v) is 7.35. The molecular weight excluding hydrogens is 284 g/mol. The fourth-order valence-corrected chi connectivity index (χ4v) is 6.48. The van der Waals surface area contributed by atoms with Crippen molar-refractivity contribution in [1.82, 2.24) is 0 Å². The van der Waals surface area contributed by atoms with Crippen LogP contribution in [0.5, 0.6) is 0 Å². The lowest BCUT2D eigenvalue weighted by Gasteiger charge is -2.52. The molecule has 23 heavy (non-hydrogen) atoms. The molecule has 0 amide bonds. The van der Waals surface area contributed by atoms with Crippen molar-refractivity contribution in [3.8, 4) is 0 Å². The first-order valence-electron chi connectivity index (χ1n) is 10.2. The van der Waals surface area contributed by atoms with Crippen LogP contribution in [0.2, 0.25) is 0 Å². The first-order valence-corrected chi connectivity index (χ1v) is 10.2. The van der Waals surface area contributed by atoms with Crippen LogP contribution in [-0.2, 0) is 4.79 Å². The molecule has 0 radical (unpaired) electrons. The molecule has 7 atom stereocenters. The molecule has 4 rings (SSSR count). The zero-order valence-electron chi connectivity index (χ0n) is 15.3. The maximum Gasteiger partial charge on any atom is 0.135 e. The molecule has 1 N–H and O–H groups in total. The van der Waals surface area contributed by atoms with E-state index in [2.05, 4.69) is 6.92 Å². The number of Topliss-reactive ketones (excluding diaryl/α,β-unsaturated/α-hetero) is 1. The Hall–Kier alpha value is -0.370. The third kappa shape index (κ3) is 3.67. The molecule has 4 aliphatic rings. The quantitative estimate of drug-likeness (QED) is 0.693. The molecule has 4 aliphatic carbocycles. The number of hydrogen-bond donors (Lipinski definition) is 1. The van der Waals surface area contributed by atoms with Crippen molar-refractivity contribution in [1.29, 1.82) is 0 Å². The van der Waals surface area contributed by atoms with Gasteiger partial charge in [-0.2, -0.15) is 0 Å². The molecule has 0 aromatic heterocycles. The van der Waals surface area contributed by atoms with Crippen LogP contribution in [0.4, 0.5) is 0 Å². The summed E-state index contributed by atoms with van der Waals surface area (Å²) in [6, 6.07) is 0. The van der Waals surface area contributed by atoms with Crippen molar-refractivity contribution in [3.05, 3.63) is 0 Å². The topological polar surface area (TPSA) is 37.3 Å². The van der Waals surface area contributed by atoms with Gasteiger partial charge in [0.05, 0.1) is 0 Å².